The largest absolute Gasteiger partial charge is 0.496 e. The minimum absolute atomic E-state index is 0.000891. The second-order valence-electron chi connectivity index (χ2n) is 5.16. The van der Waals surface area contributed by atoms with E-state index in [0.717, 1.165) is 11.3 Å². The molecule has 0 amide bonds. The fourth-order valence-electron chi connectivity index (χ4n) is 2.82. The average Bonchev–Trinajstić information content (AvgIpc) is 2.75. The molecule has 0 saturated heterocycles. The van der Waals surface area contributed by atoms with Gasteiger partial charge in [0.2, 0.25) is 5.92 Å². The number of nitrogens with two attached hydrogens (primary N) is 1. The van der Waals surface area contributed by atoms with Gasteiger partial charge in [0, 0.05) is 24.4 Å². The molecule has 1 fully saturated rings. The van der Waals surface area contributed by atoms with Crippen molar-refractivity contribution >= 4 is 0 Å². The van der Waals surface area contributed by atoms with Crippen LogP contribution in [-0.4, -0.2) is 13.0 Å². The number of ether oxygens (including phenoxy) is 1. The zero-order valence-electron chi connectivity index (χ0n) is 11.0. The summed E-state index contributed by atoms with van der Waals surface area (Å²) >= 11 is 0. The highest BCUT2D eigenvalue weighted by Crippen LogP contribution is 2.43. The van der Waals surface area contributed by atoms with Gasteiger partial charge in [-0.2, -0.15) is 0 Å². The highest BCUT2D eigenvalue weighted by molar-refractivity contribution is 5.35. The maximum absolute atomic E-state index is 13.2. The summed E-state index contributed by atoms with van der Waals surface area (Å²) < 4.78 is 31.7. The van der Waals surface area contributed by atoms with Gasteiger partial charge >= 0.3 is 0 Å². The van der Waals surface area contributed by atoms with Crippen LogP contribution in [-0.2, 0) is 0 Å². The summed E-state index contributed by atoms with van der Waals surface area (Å²) in [5.74, 6) is 3.80. The maximum atomic E-state index is 13.2. The molecule has 0 aromatic heterocycles. The van der Waals surface area contributed by atoms with Crippen molar-refractivity contribution in [2.24, 2.45) is 11.8 Å². The highest BCUT2D eigenvalue weighted by Gasteiger charge is 2.40. The Balaban J connectivity index is 2.08. The molecule has 1 aliphatic rings. The first-order valence-corrected chi connectivity index (χ1v) is 6.52. The number of nitrogens with one attached hydrogen (secondary N) is 1. The normalized spacial score (nSPS) is 23.3. The number of hydrogen-bond acceptors (Lipinski definition) is 3. The minimum Gasteiger partial charge on any atom is -0.496 e. The van der Waals surface area contributed by atoms with E-state index in [-0.39, 0.29) is 24.8 Å². The molecule has 3 N–H and O–H groups in total. The van der Waals surface area contributed by atoms with Crippen LogP contribution in [0, 0.1) is 5.92 Å². The molecule has 0 radical (unpaired) electrons. The Morgan fingerprint density at radius 3 is 2.79 bits per heavy atom. The van der Waals surface area contributed by atoms with Crippen molar-refractivity contribution in [2.45, 2.75) is 37.6 Å². The second-order valence-corrected chi connectivity index (χ2v) is 5.16. The van der Waals surface area contributed by atoms with E-state index in [0.29, 0.717) is 12.8 Å². The number of benzene rings is 1. The van der Waals surface area contributed by atoms with Crippen LogP contribution in [0.25, 0.3) is 0 Å². The lowest BCUT2D eigenvalue weighted by molar-refractivity contribution is 0.00429. The molecule has 2 unspecified atom stereocenters. The predicted molar refractivity (Wildman–Crippen MR) is 70.0 cm³/mol. The summed E-state index contributed by atoms with van der Waals surface area (Å²) in [5.41, 5.74) is 3.64. The first-order chi connectivity index (χ1) is 9.05. The van der Waals surface area contributed by atoms with Gasteiger partial charge in [0.1, 0.15) is 5.75 Å². The Bertz CT molecular complexity index is 426. The van der Waals surface area contributed by atoms with Crippen LogP contribution in [0.15, 0.2) is 24.3 Å². The number of hydrazine groups is 1. The zero-order chi connectivity index (χ0) is 13.9. The molecule has 2 atom stereocenters. The Morgan fingerprint density at radius 2 is 2.21 bits per heavy atom. The lowest BCUT2D eigenvalue weighted by Crippen LogP contribution is -2.30. The van der Waals surface area contributed by atoms with Crippen LogP contribution in [0.2, 0.25) is 0 Å². The zero-order valence-corrected chi connectivity index (χ0v) is 11.0. The van der Waals surface area contributed by atoms with Gasteiger partial charge in [-0.15, -0.1) is 0 Å². The molecule has 0 heterocycles. The first-order valence-electron chi connectivity index (χ1n) is 6.52. The quantitative estimate of drug-likeness (QED) is 0.638. The highest BCUT2D eigenvalue weighted by atomic mass is 19.3. The van der Waals surface area contributed by atoms with E-state index in [1.54, 1.807) is 7.11 Å². The van der Waals surface area contributed by atoms with Crippen LogP contribution in [0.1, 0.15) is 37.3 Å². The Hall–Kier alpha value is -1.20. The minimum atomic E-state index is -2.51. The van der Waals surface area contributed by atoms with Gasteiger partial charge < -0.3 is 4.74 Å². The van der Waals surface area contributed by atoms with Crippen LogP contribution < -0.4 is 16.0 Å². The van der Waals surface area contributed by atoms with Crippen molar-refractivity contribution < 1.29 is 13.5 Å². The van der Waals surface area contributed by atoms with Crippen molar-refractivity contribution in [3.63, 3.8) is 0 Å². The van der Waals surface area contributed by atoms with E-state index in [1.807, 2.05) is 24.3 Å². The Labute approximate surface area is 112 Å². The van der Waals surface area contributed by atoms with Gasteiger partial charge in [-0.05, 0) is 24.8 Å². The molecule has 1 aliphatic carbocycles. The van der Waals surface area contributed by atoms with Crippen LogP contribution in [0.4, 0.5) is 8.78 Å². The first kappa shape index (κ1) is 14.2. The molecule has 1 aromatic carbocycles. The molecule has 1 saturated carbocycles. The van der Waals surface area contributed by atoms with Gasteiger partial charge in [0.15, 0.2) is 0 Å². The van der Waals surface area contributed by atoms with Gasteiger partial charge in [-0.1, -0.05) is 18.2 Å². The topological polar surface area (TPSA) is 47.3 Å². The van der Waals surface area contributed by atoms with E-state index >= 15 is 0 Å². The molecule has 3 nitrogen and oxygen atoms in total. The molecular formula is C14H20F2N2O. The van der Waals surface area contributed by atoms with Crippen molar-refractivity contribution in [2.75, 3.05) is 7.11 Å². The lowest BCUT2D eigenvalue weighted by Gasteiger charge is -2.22. The number of alkyl halides is 2. The third kappa shape index (κ3) is 3.42. The third-order valence-corrected chi connectivity index (χ3v) is 3.79. The summed E-state index contributed by atoms with van der Waals surface area (Å²) in [6, 6.07) is 7.37. The Morgan fingerprint density at radius 1 is 1.47 bits per heavy atom. The fraction of sp³-hybridized carbons (Fsp3) is 0.571. The molecule has 106 valence electrons. The van der Waals surface area contributed by atoms with Crippen molar-refractivity contribution in [1.82, 2.24) is 5.43 Å². The number of hydrogen-bond donors (Lipinski definition) is 2. The SMILES string of the molecule is COc1ccccc1C(CC1CCC(F)(F)C1)NN. The predicted octanol–water partition coefficient (Wildman–Crippen LogP) is 3.03. The molecule has 5 heteroatoms. The van der Waals surface area contributed by atoms with Crippen molar-refractivity contribution in [3.05, 3.63) is 29.8 Å². The Kier molecular flexibility index (Phi) is 4.37. The molecule has 0 aliphatic heterocycles. The molecule has 1 aromatic rings. The molecule has 2 rings (SSSR count). The van der Waals surface area contributed by atoms with E-state index in [2.05, 4.69) is 5.43 Å². The van der Waals surface area contributed by atoms with Crippen molar-refractivity contribution in [3.8, 4) is 5.75 Å². The summed E-state index contributed by atoms with van der Waals surface area (Å²) in [5, 5.41) is 0. The van der Waals surface area contributed by atoms with Gasteiger partial charge in [-0.25, -0.2) is 8.78 Å². The third-order valence-electron chi connectivity index (χ3n) is 3.79. The standard InChI is InChI=1S/C14H20F2N2O/c1-19-13-5-3-2-4-11(13)12(18-17)8-10-6-7-14(15,16)9-10/h2-5,10,12,18H,6-9,17H2,1H3. The number of para-hydroxylation sites is 1. The van der Waals surface area contributed by atoms with E-state index in [9.17, 15) is 8.78 Å². The van der Waals surface area contributed by atoms with Gasteiger partial charge in [-0.3, -0.25) is 11.3 Å². The second kappa shape index (κ2) is 5.84. The summed E-state index contributed by atoms with van der Waals surface area (Å²) in [6.07, 6.45) is 1.11. The maximum Gasteiger partial charge on any atom is 0.248 e. The van der Waals surface area contributed by atoms with Crippen molar-refractivity contribution in [1.29, 1.82) is 0 Å². The van der Waals surface area contributed by atoms with Crippen LogP contribution in [0.3, 0.4) is 0 Å². The number of methoxy groups -OCH3 is 1. The summed E-state index contributed by atoms with van der Waals surface area (Å²) in [7, 11) is 1.59. The van der Waals surface area contributed by atoms with E-state index in [4.69, 9.17) is 10.6 Å². The van der Waals surface area contributed by atoms with Gasteiger partial charge in [0.25, 0.3) is 0 Å². The molecule has 0 spiro atoms. The lowest BCUT2D eigenvalue weighted by atomic mass is 9.93. The molecular weight excluding hydrogens is 250 g/mol. The smallest absolute Gasteiger partial charge is 0.248 e. The molecule has 0 bridgehead atoms. The average molecular weight is 270 g/mol. The van der Waals surface area contributed by atoms with E-state index < -0.39 is 5.92 Å². The summed E-state index contributed by atoms with van der Waals surface area (Å²) in [4.78, 5) is 0. The van der Waals surface area contributed by atoms with Crippen LogP contribution >= 0.6 is 0 Å². The van der Waals surface area contributed by atoms with Crippen LogP contribution in [0.5, 0.6) is 5.75 Å². The summed E-state index contributed by atoms with van der Waals surface area (Å²) in [6.45, 7) is 0. The van der Waals surface area contributed by atoms with E-state index in [1.165, 1.54) is 0 Å². The van der Waals surface area contributed by atoms with Gasteiger partial charge in [0.05, 0.1) is 7.11 Å². The fourth-order valence-corrected chi connectivity index (χ4v) is 2.82. The number of rotatable bonds is 5. The number of halogens is 2. The monoisotopic (exact) mass is 270 g/mol. The molecule has 19 heavy (non-hydrogen) atoms.